The Morgan fingerprint density at radius 1 is 1.07 bits per heavy atom. The lowest BCUT2D eigenvalue weighted by Gasteiger charge is -2.21. The second-order valence-electron chi connectivity index (χ2n) is 7.37. The first-order valence-corrected chi connectivity index (χ1v) is 10.2. The molecule has 30 heavy (non-hydrogen) atoms. The van der Waals surface area contributed by atoms with Crippen LogP contribution < -0.4 is 29.7 Å². The highest BCUT2D eigenvalue weighted by atomic mass is 16.5. The van der Waals surface area contributed by atoms with Crippen molar-refractivity contribution in [2.75, 3.05) is 46.4 Å². The monoisotopic (exact) mass is 412 g/mol. The normalized spacial score (nSPS) is 16.4. The third-order valence-electron chi connectivity index (χ3n) is 5.34. The van der Waals surface area contributed by atoms with Gasteiger partial charge in [0.1, 0.15) is 0 Å². The zero-order valence-electron chi connectivity index (χ0n) is 18.5. The highest BCUT2D eigenvalue weighted by molar-refractivity contribution is 5.80. The number of anilines is 1. The van der Waals surface area contributed by atoms with Gasteiger partial charge in [-0.25, -0.2) is 0 Å². The van der Waals surface area contributed by atoms with Crippen LogP contribution in [-0.4, -0.2) is 53.5 Å². The number of benzene rings is 2. The second kappa shape index (κ2) is 10.1. The van der Waals surface area contributed by atoms with Crippen LogP contribution in [0.2, 0.25) is 0 Å². The average Bonchev–Trinajstić information content (AvgIpc) is 3.24. The summed E-state index contributed by atoms with van der Waals surface area (Å²) in [4.78, 5) is 6.79. The molecule has 1 atom stereocenters. The first kappa shape index (κ1) is 21.6. The lowest BCUT2D eigenvalue weighted by molar-refractivity contribution is 0.323. The Balaban J connectivity index is 1.58. The maximum absolute atomic E-state index is 5.44. The van der Waals surface area contributed by atoms with Crippen LogP contribution in [0.5, 0.6) is 17.2 Å². The summed E-state index contributed by atoms with van der Waals surface area (Å²) in [5.41, 5.74) is 3.56. The van der Waals surface area contributed by atoms with Gasteiger partial charge in [0.05, 0.1) is 21.3 Å². The molecule has 1 aliphatic rings. The Bertz CT molecular complexity index is 842. The molecule has 0 amide bonds. The number of ether oxygens (including phenoxy) is 3. The average molecular weight is 413 g/mol. The van der Waals surface area contributed by atoms with Gasteiger partial charge in [0.25, 0.3) is 0 Å². The third-order valence-corrected chi connectivity index (χ3v) is 5.34. The highest BCUT2D eigenvalue weighted by Gasteiger charge is 2.23. The Kier molecular flexibility index (Phi) is 7.27. The first-order chi connectivity index (χ1) is 14.6. The molecule has 1 heterocycles. The van der Waals surface area contributed by atoms with Crippen LogP contribution in [-0.2, 0) is 6.54 Å². The van der Waals surface area contributed by atoms with Crippen molar-refractivity contribution in [2.45, 2.75) is 25.9 Å². The fraction of sp³-hybridized carbons (Fsp3) is 0.435. The number of aliphatic imine (C=N–C) groups is 1. The molecule has 2 aromatic rings. The van der Waals surface area contributed by atoms with Gasteiger partial charge >= 0.3 is 0 Å². The van der Waals surface area contributed by atoms with E-state index in [0.717, 1.165) is 31.0 Å². The summed E-state index contributed by atoms with van der Waals surface area (Å²) in [7, 11) is 6.63. The quantitative estimate of drug-likeness (QED) is 0.538. The van der Waals surface area contributed by atoms with Gasteiger partial charge in [-0.1, -0.05) is 17.7 Å². The van der Waals surface area contributed by atoms with E-state index in [1.54, 1.807) is 28.4 Å². The van der Waals surface area contributed by atoms with Crippen molar-refractivity contribution in [3.05, 3.63) is 47.5 Å². The van der Waals surface area contributed by atoms with Crippen molar-refractivity contribution in [1.29, 1.82) is 0 Å². The van der Waals surface area contributed by atoms with Gasteiger partial charge in [0.15, 0.2) is 17.5 Å². The van der Waals surface area contributed by atoms with E-state index in [2.05, 4.69) is 51.7 Å². The maximum Gasteiger partial charge on any atom is 0.203 e. The molecule has 7 nitrogen and oxygen atoms in total. The van der Waals surface area contributed by atoms with Crippen molar-refractivity contribution in [3.63, 3.8) is 0 Å². The van der Waals surface area contributed by atoms with Crippen LogP contribution in [0.25, 0.3) is 0 Å². The van der Waals surface area contributed by atoms with Gasteiger partial charge in [-0.3, -0.25) is 4.99 Å². The molecular weight excluding hydrogens is 380 g/mol. The summed E-state index contributed by atoms with van der Waals surface area (Å²) in [6.45, 7) is 4.69. The van der Waals surface area contributed by atoms with Gasteiger partial charge in [-0.2, -0.15) is 0 Å². The number of methoxy groups -OCH3 is 3. The SMILES string of the molecule is CN=C(NCc1cc(OC)c(OC)c(OC)c1)NC1CCN(c2ccc(C)cc2)C1. The van der Waals surface area contributed by atoms with E-state index >= 15 is 0 Å². The summed E-state index contributed by atoms with van der Waals surface area (Å²) in [6.07, 6.45) is 1.07. The van der Waals surface area contributed by atoms with Gasteiger partial charge in [0.2, 0.25) is 5.75 Å². The lowest BCUT2D eigenvalue weighted by Crippen LogP contribution is -2.44. The summed E-state index contributed by atoms with van der Waals surface area (Å²) in [6, 6.07) is 12.9. The fourth-order valence-electron chi connectivity index (χ4n) is 3.68. The molecule has 162 valence electrons. The Morgan fingerprint density at radius 2 is 1.73 bits per heavy atom. The van der Waals surface area contributed by atoms with Crippen LogP contribution in [0.3, 0.4) is 0 Å². The molecule has 0 aromatic heterocycles. The minimum absolute atomic E-state index is 0.345. The van der Waals surface area contributed by atoms with Gasteiger partial charge in [0, 0.05) is 38.4 Å². The van der Waals surface area contributed by atoms with Crippen molar-refractivity contribution in [1.82, 2.24) is 10.6 Å². The van der Waals surface area contributed by atoms with Crippen LogP contribution in [0.4, 0.5) is 5.69 Å². The summed E-state index contributed by atoms with van der Waals surface area (Å²) in [5.74, 6) is 2.65. The molecule has 0 bridgehead atoms. The highest BCUT2D eigenvalue weighted by Crippen LogP contribution is 2.38. The molecule has 7 heteroatoms. The summed E-state index contributed by atoms with van der Waals surface area (Å²) >= 11 is 0. The van der Waals surface area contributed by atoms with Crippen LogP contribution in [0, 0.1) is 6.92 Å². The van der Waals surface area contributed by atoms with E-state index in [1.807, 2.05) is 12.1 Å². The molecule has 1 unspecified atom stereocenters. The van der Waals surface area contributed by atoms with Gasteiger partial charge < -0.3 is 29.7 Å². The van der Waals surface area contributed by atoms with E-state index in [4.69, 9.17) is 14.2 Å². The Morgan fingerprint density at radius 3 is 2.30 bits per heavy atom. The first-order valence-electron chi connectivity index (χ1n) is 10.2. The summed E-state index contributed by atoms with van der Waals surface area (Å²) < 4.78 is 16.3. The van der Waals surface area contributed by atoms with Crippen LogP contribution in [0.1, 0.15) is 17.5 Å². The van der Waals surface area contributed by atoms with Crippen molar-refractivity contribution in [3.8, 4) is 17.2 Å². The smallest absolute Gasteiger partial charge is 0.203 e. The predicted molar refractivity (Wildman–Crippen MR) is 121 cm³/mol. The zero-order valence-corrected chi connectivity index (χ0v) is 18.5. The predicted octanol–water partition coefficient (Wildman–Crippen LogP) is 2.96. The number of nitrogens with zero attached hydrogens (tertiary/aromatic N) is 2. The standard InChI is InChI=1S/C23H32N4O3/c1-16-6-8-19(9-7-16)27-11-10-18(15-27)26-23(24-2)25-14-17-12-20(28-3)22(30-5)21(13-17)29-4/h6-9,12-13,18H,10-11,14-15H2,1-5H3,(H2,24,25,26). The van der Waals surface area contributed by atoms with Gasteiger partial charge in [-0.15, -0.1) is 0 Å². The Labute approximate surface area is 179 Å². The van der Waals surface area contributed by atoms with Crippen molar-refractivity contribution < 1.29 is 14.2 Å². The number of hydrogen-bond donors (Lipinski definition) is 2. The van der Waals surface area contributed by atoms with E-state index in [-0.39, 0.29) is 0 Å². The van der Waals surface area contributed by atoms with E-state index < -0.39 is 0 Å². The number of nitrogens with one attached hydrogen (secondary N) is 2. The molecule has 0 aliphatic carbocycles. The van der Waals surface area contributed by atoms with E-state index in [1.165, 1.54) is 11.3 Å². The molecule has 1 fully saturated rings. The number of aryl methyl sites for hydroxylation is 1. The number of hydrogen-bond acceptors (Lipinski definition) is 5. The minimum Gasteiger partial charge on any atom is -0.493 e. The molecule has 0 radical (unpaired) electrons. The zero-order chi connectivity index (χ0) is 21.5. The molecule has 1 aliphatic heterocycles. The molecule has 1 saturated heterocycles. The summed E-state index contributed by atoms with van der Waals surface area (Å²) in [5, 5.41) is 6.92. The van der Waals surface area contributed by atoms with Gasteiger partial charge in [-0.05, 0) is 43.2 Å². The maximum atomic E-state index is 5.44. The fourth-order valence-corrected chi connectivity index (χ4v) is 3.68. The molecule has 3 rings (SSSR count). The third kappa shape index (κ3) is 5.09. The number of rotatable bonds is 7. The second-order valence-corrected chi connectivity index (χ2v) is 7.37. The van der Waals surface area contributed by atoms with E-state index in [9.17, 15) is 0 Å². The Hall–Kier alpha value is -3.09. The molecule has 0 saturated carbocycles. The van der Waals surface area contributed by atoms with Crippen molar-refractivity contribution in [2.24, 2.45) is 4.99 Å². The lowest BCUT2D eigenvalue weighted by atomic mass is 10.2. The largest absolute Gasteiger partial charge is 0.493 e. The minimum atomic E-state index is 0.345. The molecule has 2 aromatic carbocycles. The topological polar surface area (TPSA) is 67.4 Å². The molecule has 2 N–H and O–H groups in total. The van der Waals surface area contributed by atoms with Crippen molar-refractivity contribution >= 4 is 11.6 Å². The number of guanidine groups is 1. The van der Waals surface area contributed by atoms with Crippen LogP contribution >= 0.6 is 0 Å². The van der Waals surface area contributed by atoms with Crippen LogP contribution in [0.15, 0.2) is 41.4 Å². The molecular formula is C23H32N4O3. The molecule has 0 spiro atoms. The van der Waals surface area contributed by atoms with E-state index in [0.29, 0.717) is 29.8 Å².